The summed E-state index contributed by atoms with van der Waals surface area (Å²) >= 11 is 0. The van der Waals surface area contributed by atoms with E-state index in [1.807, 2.05) is 34.0 Å². The zero-order valence-corrected chi connectivity index (χ0v) is 18.4. The maximum Gasteiger partial charge on any atom is 0.257 e. The maximum absolute atomic E-state index is 13.4. The van der Waals surface area contributed by atoms with Crippen LogP contribution in [0.3, 0.4) is 0 Å². The molecule has 6 heteroatoms. The fraction of sp³-hybridized carbons (Fsp3) is 0.333. The van der Waals surface area contributed by atoms with Gasteiger partial charge in [0.05, 0.1) is 11.3 Å². The highest BCUT2D eigenvalue weighted by Gasteiger charge is 2.26. The summed E-state index contributed by atoms with van der Waals surface area (Å²) < 4.78 is 1.83. The number of halogens is 1. The Morgan fingerprint density at radius 1 is 1.10 bits per heavy atom. The fourth-order valence-corrected chi connectivity index (χ4v) is 3.86. The van der Waals surface area contributed by atoms with E-state index in [-0.39, 0.29) is 24.4 Å². The van der Waals surface area contributed by atoms with E-state index >= 15 is 0 Å². The first-order chi connectivity index (χ1) is 14.1. The Morgan fingerprint density at radius 3 is 2.40 bits per heavy atom. The number of carbonyl (C=O) groups excluding carboxylic acids is 1. The van der Waals surface area contributed by atoms with Crippen molar-refractivity contribution >= 4 is 18.3 Å². The molecule has 1 aliphatic rings. The van der Waals surface area contributed by atoms with Crippen LogP contribution in [0.2, 0.25) is 0 Å². The number of piperidine rings is 1. The number of aromatic nitrogens is 2. The van der Waals surface area contributed by atoms with Gasteiger partial charge in [0, 0.05) is 30.9 Å². The largest absolute Gasteiger partial charge is 0.338 e. The Morgan fingerprint density at radius 2 is 1.77 bits per heavy atom. The lowest BCUT2D eigenvalue weighted by Crippen LogP contribution is -2.42. The molecule has 3 aromatic rings. The van der Waals surface area contributed by atoms with Crippen molar-refractivity contribution in [2.45, 2.75) is 39.2 Å². The van der Waals surface area contributed by atoms with Crippen molar-refractivity contribution in [3.05, 3.63) is 71.4 Å². The summed E-state index contributed by atoms with van der Waals surface area (Å²) in [7, 11) is 0. The van der Waals surface area contributed by atoms with E-state index in [0.717, 1.165) is 41.8 Å². The smallest absolute Gasteiger partial charge is 0.257 e. The highest BCUT2D eigenvalue weighted by Crippen LogP contribution is 2.27. The van der Waals surface area contributed by atoms with Gasteiger partial charge in [-0.15, -0.1) is 12.4 Å². The van der Waals surface area contributed by atoms with Crippen molar-refractivity contribution in [2.24, 2.45) is 5.73 Å². The number of para-hydroxylation sites is 1. The molecule has 158 valence electrons. The summed E-state index contributed by atoms with van der Waals surface area (Å²) in [5, 5.41) is 4.84. The Bertz CT molecular complexity index is 1000. The lowest BCUT2D eigenvalue weighted by molar-refractivity contribution is 0.0715. The molecule has 0 aliphatic carbocycles. The van der Waals surface area contributed by atoms with Crippen molar-refractivity contribution < 1.29 is 4.79 Å². The van der Waals surface area contributed by atoms with Crippen LogP contribution >= 0.6 is 12.4 Å². The van der Waals surface area contributed by atoms with Gasteiger partial charge in [-0.05, 0) is 43.4 Å². The fourth-order valence-electron chi connectivity index (χ4n) is 3.86. The number of rotatable bonds is 4. The molecule has 2 aromatic carbocycles. The van der Waals surface area contributed by atoms with Crippen LogP contribution in [0, 0.1) is 6.92 Å². The van der Waals surface area contributed by atoms with Gasteiger partial charge >= 0.3 is 0 Å². The van der Waals surface area contributed by atoms with Crippen molar-refractivity contribution in [3.8, 4) is 16.9 Å². The van der Waals surface area contributed by atoms with E-state index in [1.165, 1.54) is 5.56 Å². The first-order valence-corrected chi connectivity index (χ1v) is 10.4. The van der Waals surface area contributed by atoms with Crippen LogP contribution in [0.5, 0.6) is 0 Å². The molecule has 1 amide bonds. The molecule has 0 bridgehead atoms. The molecule has 1 aliphatic heterocycles. The minimum atomic E-state index is 0. The SMILES string of the molecule is CCc1ccc(-c2nn(-c3ccccc3C)cc2C(=O)N2CCC(N)CC2)cc1.Cl. The van der Waals surface area contributed by atoms with E-state index < -0.39 is 0 Å². The molecular weight excluding hydrogens is 396 g/mol. The van der Waals surface area contributed by atoms with E-state index in [4.69, 9.17) is 10.8 Å². The molecule has 1 saturated heterocycles. The van der Waals surface area contributed by atoms with E-state index in [2.05, 4.69) is 44.2 Å². The van der Waals surface area contributed by atoms with Gasteiger partial charge in [-0.3, -0.25) is 4.79 Å². The molecule has 0 unspecified atom stereocenters. The van der Waals surface area contributed by atoms with Gasteiger partial charge in [0.25, 0.3) is 5.91 Å². The standard InChI is InChI=1S/C24H28N4O.ClH/c1-3-18-8-10-19(11-9-18)23-21(24(29)27-14-12-20(25)13-15-27)16-28(26-23)22-7-5-4-6-17(22)2;/h4-11,16,20H,3,12-15,25H2,1-2H3;1H. The number of likely N-dealkylation sites (tertiary alicyclic amines) is 1. The molecular formula is C24H29ClN4O. The average Bonchev–Trinajstić information content (AvgIpc) is 3.19. The van der Waals surface area contributed by atoms with Crippen molar-refractivity contribution in [2.75, 3.05) is 13.1 Å². The van der Waals surface area contributed by atoms with Gasteiger partial charge in [0.1, 0.15) is 5.69 Å². The van der Waals surface area contributed by atoms with E-state index in [1.54, 1.807) is 0 Å². The lowest BCUT2D eigenvalue weighted by Gasteiger charge is -2.30. The van der Waals surface area contributed by atoms with Crippen LogP contribution in [0.25, 0.3) is 16.9 Å². The predicted octanol–water partition coefficient (Wildman–Crippen LogP) is 4.40. The van der Waals surface area contributed by atoms with Crippen molar-refractivity contribution in [3.63, 3.8) is 0 Å². The normalized spacial score (nSPS) is 14.4. The second-order valence-corrected chi connectivity index (χ2v) is 7.80. The number of amides is 1. The molecule has 0 atom stereocenters. The summed E-state index contributed by atoms with van der Waals surface area (Å²) in [6, 6.07) is 16.6. The highest BCUT2D eigenvalue weighted by atomic mass is 35.5. The molecule has 0 radical (unpaired) electrons. The molecule has 5 nitrogen and oxygen atoms in total. The number of aryl methyl sites for hydroxylation is 2. The zero-order chi connectivity index (χ0) is 20.4. The van der Waals surface area contributed by atoms with Gasteiger partial charge < -0.3 is 10.6 Å². The quantitative estimate of drug-likeness (QED) is 0.675. The van der Waals surface area contributed by atoms with Crippen molar-refractivity contribution in [1.82, 2.24) is 14.7 Å². The summed E-state index contributed by atoms with van der Waals surface area (Å²) in [6.07, 6.45) is 4.55. The number of hydrogen-bond donors (Lipinski definition) is 1. The van der Waals surface area contributed by atoms with Gasteiger partial charge in [0.15, 0.2) is 0 Å². The molecule has 4 rings (SSSR count). The third kappa shape index (κ3) is 4.42. The average molecular weight is 425 g/mol. The topological polar surface area (TPSA) is 64.2 Å². The predicted molar refractivity (Wildman–Crippen MR) is 123 cm³/mol. The number of nitrogens with two attached hydrogens (primary N) is 1. The summed E-state index contributed by atoms with van der Waals surface area (Å²) in [5.41, 5.74) is 11.7. The number of benzene rings is 2. The third-order valence-electron chi connectivity index (χ3n) is 5.77. The van der Waals surface area contributed by atoms with Gasteiger partial charge in [-0.25, -0.2) is 4.68 Å². The summed E-state index contributed by atoms with van der Waals surface area (Å²) in [4.78, 5) is 15.3. The zero-order valence-electron chi connectivity index (χ0n) is 17.5. The molecule has 0 saturated carbocycles. The molecule has 1 aromatic heterocycles. The van der Waals surface area contributed by atoms with Gasteiger partial charge in [0.2, 0.25) is 0 Å². The lowest BCUT2D eigenvalue weighted by atomic mass is 10.0. The first-order valence-electron chi connectivity index (χ1n) is 10.4. The van der Waals surface area contributed by atoms with Gasteiger partial charge in [-0.1, -0.05) is 49.4 Å². The van der Waals surface area contributed by atoms with Crippen LogP contribution in [-0.4, -0.2) is 39.7 Å². The van der Waals surface area contributed by atoms with E-state index in [0.29, 0.717) is 18.7 Å². The minimum absolute atomic E-state index is 0. The maximum atomic E-state index is 13.4. The Balaban J connectivity index is 0.00000256. The van der Waals surface area contributed by atoms with Crippen LogP contribution in [0.1, 0.15) is 41.3 Å². The second-order valence-electron chi connectivity index (χ2n) is 7.80. The second kappa shape index (κ2) is 9.45. The molecule has 0 spiro atoms. The summed E-state index contributed by atoms with van der Waals surface area (Å²) in [5.74, 6) is 0.0336. The minimum Gasteiger partial charge on any atom is -0.338 e. The van der Waals surface area contributed by atoms with Crippen LogP contribution in [-0.2, 0) is 6.42 Å². The molecule has 2 heterocycles. The Labute approximate surface area is 184 Å². The highest BCUT2D eigenvalue weighted by molar-refractivity contribution is 6.00. The Kier molecular flexibility index (Phi) is 6.95. The Hall–Kier alpha value is -2.63. The number of nitrogens with zero attached hydrogens (tertiary/aromatic N) is 3. The summed E-state index contributed by atoms with van der Waals surface area (Å²) in [6.45, 7) is 5.59. The van der Waals surface area contributed by atoms with Crippen molar-refractivity contribution in [1.29, 1.82) is 0 Å². The number of hydrogen-bond acceptors (Lipinski definition) is 3. The van der Waals surface area contributed by atoms with Crippen LogP contribution < -0.4 is 5.73 Å². The first kappa shape index (κ1) is 22.1. The van der Waals surface area contributed by atoms with Crippen LogP contribution in [0.4, 0.5) is 0 Å². The molecule has 30 heavy (non-hydrogen) atoms. The number of carbonyl (C=O) groups is 1. The third-order valence-corrected chi connectivity index (χ3v) is 5.77. The van der Waals surface area contributed by atoms with Crippen LogP contribution in [0.15, 0.2) is 54.7 Å². The monoisotopic (exact) mass is 424 g/mol. The molecule has 2 N–H and O–H groups in total. The van der Waals surface area contributed by atoms with Gasteiger partial charge in [-0.2, -0.15) is 5.10 Å². The van der Waals surface area contributed by atoms with E-state index in [9.17, 15) is 4.79 Å². The molecule has 1 fully saturated rings.